The molecule has 0 radical (unpaired) electrons. The molecule has 0 spiro atoms. The highest BCUT2D eigenvalue weighted by molar-refractivity contribution is 7.15. The number of thiophene rings is 1. The second-order valence-electron chi connectivity index (χ2n) is 6.19. The zero-order chi connectivity index (χ0) is 13.3. The molecule has 0 fully saturated rings. The van der Waals surface area contributed by atoms with Gasteiger partial charge in [0.25, 0.3) is 0 Å². The van der Waals surface area contributed by atoms with Crippen LogP contribution in [0.25, 0.3) is 10.4 Å². The first-order valence-electron chi connectivity index (χ1n) is 6.58. The van der Waals surface area contributed by atoms with Crippen LogP contribution < -0.4 is 0 Å². The lowest BCUT2D eigenvalue weighted by atomic mass is 9.95. The van der Waals surface area contributed by atoms with Crippen molar-refractivity contribution >= 4 is 11.3 Å². The van der Waals surface area contributed by atoms with Crippen LogP contribution in [0.1, 0.15) is 51.0 Å². The minimum Gasteiger partial charge on any atom is -0.140 e. The van der Waals surface area contributed by atoms with Crippen LogP contribution in [0.3, 0.4) is 0 Å². The molecule has 0 N–H and O–H groups in total. The van der Waals surface area contributed by atoms with Crippen molar-refractivity contribution in [2.45, 2.75) is 46.0 Å². The van der Waals surface area contributed by atoms with Gasteiger partial charge in [-0.15, -0.1) is 11.3 Å². The highest BCUT2D eigenvalue weighted by atomic mass is 32.1. The summed E-state index contributed by atoms with van der Waals surface area (Å²) < 4.78 is 0. The third-order valence-electron chi connectivity index (χ3n) is 3.21. The number of hydrogen-bond acceptors (Lipinski definition) is 1. The summed E-state index contributed by atoms with van der Waals surface area (Å²) in [6.07, 6.45) is 0. The van der Waals surface area contributed by atoms with Gasteiger partial charge in [-0.1, -0.05) is 58.9 Å². The molecule has 0 saturated heterocycles. The lowest BCUT2D eigenvalue weighted by Crippen LogP contribution is -2.07. The van der Waals surface area contributed by atoms with Crippen molar-refractivity contribution in [1.29, 1.82) is 0 Å². The molecule has 0 aliphatic carbocycles. The lowest BCUT2D eigenvalue weighted by Gasteiger charge is -2.15. The third-order valence-corrected chi connectivity index (χ3v) is 4.77. The van der Waals surface area contributed by atoms with E-state index in [0.29, 0.717) is 5.92 Å². The Balaban J connectivity index is 2.29. The Labute approximate surface area is 115 Å². The van der Waals surface area contributed by atoms with Crippen molar-refractivity contribution in [3.63, 3.8) is 0 Å². The lowest BCUT2D eigenvalue weighted by molar-refractivity contribution is 0.604. The van der Waals surface area contributed by atoms with Gasteiger partial charge in [0, 0.05) is 9.75 Å². The van der Waals surface area contributed by atoms with Crippen LogP contribution >= 0.6 is 11.3 Å². The Morgan fingerprint density at radius 2 is 1.50 bits per heavy atom. The summed E-state index contributed by atoms with van der Waals surface area (Å²) in [6, 6.07) is 13.5. The van der Waals surface area contributed by atoms with Crippen LogP contribution in [0.15, 0.2) is 36.4 Å². The van der Waals surface area contributed by atoms with Gasteiger partial charge < -0.3 is 0 Å². The first-order valence-corrected chi connectivity index (χ1v) is 7.40. The summed E-state index contributed by atoms with van der Waals surface area (Å²) >= 11 is 1.91. The molecule has 2 aromatic rings. The average Bonchev–Trinajstić information content (AvgIpc) is 2.78. The zero-order valence-electron chi connectivity index (χ0n) is 11.9. The molecular formula is C17H22S. The van der Waals surface area contributed by atoms with Gasteiger partial charge in [-0.25, -0.2) is 0 Å². The van der Waals surface area contributed by atoms with Crippen LogP contribution in [0.4, 0.5) is 0 Å². The maximum atomic E-state index is 2.27. The van der Waals surface area contributed by atoms with Gasteiger partial charge in [0.1, 0.15) is 0 Å². The maximum absolute atomic E-state index is 2.27. The number of benzene rings is 1. The van der Waals surface area contributed by atoms with Crippen LogP contribution in [-0.4, -0.2) is 0 Å². The van der Waals surface area contributed by atoms with Crippen molar-refractivity contribution in [3.8, 4) is 10.4 Å². The Kier molecular flexibility index (Phi) is 3.63. The second-order valence-corrected chi connectivity index (χ2v) is 7.27. The molecule has 1 heterocycles. The third kappa shape index (κ3) is 2.84. The molecule has 1 aromatic heterocycles. The van der Waals surface area contributed by atoms with Crippen LogP contribution in [0, 0.1) is 0 Å². The van der Waals surface area contributed by atoms with Crippen LogP contribution in [0.2, 0.25) is 0 Å². The van der Waals surface area contributed by atoms with E-state index in [9.17, 15) is 0 Å². The number of hydrogen-bond donors (Lipinski definition) is 0. The van der Waals surface area contributed by atoms with Gasteiger partial charge in [-0.3, -0.25) is 0 Å². The van der Waals surface area contributed by atoms with Crippen LogP contribution in [-0.2, 0) is 5.41 Å². The molecule has 0 amide bonds. The summed E-state index contributed by atoms with van der Waals surface area (Å²) in [6.45, 7) is 11.3. The molecular weight excluding hydrogens is 236 g/mol. The Morgan fingerprint density at radius 3 is 1.94 bits per heavy atom. The van der Waals surface area contributed by atoms with E-state index < -0.39 is 0 Å². The van der Waals surface area contributed by atoms with E-state index in [-0.39, 0.29) is 5.41 Å². The smallest absolute Gasteiger partial charge is 0.0345 e. The van der Waals surface area contributed by atoms with E-state index in [2.05, 4.69) is 71.0 Å². The van der Waals surface area contributed by atoms with Gasteiger partial charge >= 0.3 is 0 Å². The Bertz CT molecular complexity index is 509. The second kappa shape index (κ2) is 4.89. The van der Waals surface area contributed by atoms with Crippen molar-refractivity contribution in [2.75, 3.05) is 0 Å². The molecule has 2 rings (SSSR count). The zero-order valence-corrected chi connectivity index (χ0v) is 12.8. The molecule has 0 atom stereocenters. The first kappa shape index (κ1) is 13.4. The topological polar surface area (TPSA) is 0 Å². The predicted octanol–water partition coefficient (Wildman–Crippen LogP) is 5.84. The van der Waals surface area contributed by atoms with Gasteiger partial charge in [-0.05, 0) is 34.6 Å². The van der Waals surface area contributed by atoms with Crippen molar-refractivity contribution in [2.24, 2.45) is 0 Å². The van der Waals surface area contributed by atoms with Gasteiger partial charge in [0.2, 0.25) is 0 Å². The highest BCUT2D eigenvalue weighted by Crippen LogP contribution is 2.35. The Hall–Kier alpha value is -1.08. The molecule has 0 nitrogen and oxygen atoms in total. The summed E-state index contributed by atoms with van der Waals surface area (Å²) in [5, 5.41) is 0. The average molecular weight is 258 g/mol. The SMILES string of the molecule is CC(C)c1ccc(-c2ccc(C(C)(C)C)s2)cc1. The molecule has 0 aliphatic heterocycles. The normalized spacial score (nSPS) is 12.1. The summed E-state index contributed by atoms with van der Waals surface area (Å²) in [7, 11) is 0. The first-order chi connectivity index (χ1) is 8.38. The molecule has 0 saturated carbocycles. The molecule has 96 valence electrons. The number of rotatable bonds is 2. The fourth-order valence-electron chi connectivity index (χ4n) is 1.93. The Morgan fingerprint density at radius 1 is 0.889 bits per heavy atom. The minimum atomic E-state index is 0.251. The van der Waals surface area contributed by atoms with E-state index in [0.717, 1.165) is 0 Å². The van der Waals surface area contributed by atoms with E-state index >= 15 is 0 Å². The maximum Gasteiger partial charge on any atom is 0.0345 e. The fourth-order valence-corrected chi connectivity index (χ4v) is 3.00. The van der Waals surface area contributed by atoms with E-state index in [1.807, 2.05) is 11.3 Å². The summed E-state index contributed by atoms with van der Waals surface area (Å²) in [5.41, 5.74) is 2.99. The predicted molar refractivity (Wildman–Crippen MR) is 82.5 cm³/mol. The quantitative estimate of drug-likeness (QED) is 0.635. The van der Waals surface area contributed by atoms with E-state index in [4.69, 9.17) is 0 Å². The fraction of sp³-hybridized carbons (Fsp3) is 0.412. The monoisotopic (exact) mass is 258 g/mol. The largest absolute Gasteiger partial charge is 0.140 e. The molecule has 0 aliphatic rings. The standard InChI is InChI=1S/C17H22S/c1-12(2)13-6-8-14(9-7-13)15-10-11-16(18-15)17(3,4)5/h6-12H,1-5H3. The van der Waals surface area contributed by atoms with Gasteiger partial charge in [0.05, 0.1) is 0 Å². The van der Waals surface area contributed by atoms with E-state index in [1.165, 1.54) is 20.9 Å². The van der Waals surface area contributed by atoms with Crippen molar-refractivity contribution < 1.29 is 0 Å². The molecule has 18 heavy (non-hydrogen) atoms. The molecule has 1 aromatic carbocycles. The van der Waals surface area contributed by atoms with Gasteiger partial charge in [-0.2, -0.15) is 0 Å². The summed E-state index contributed by atoms with van der Waals surface area (Å²) in [4.78, 5) is 2.82. The van der Waals surface area contributed by atoms with E-state index in [1.54, 1.807) is 0 Å². The summed E-state index contributed by atoms with van der Waals surface area (Å²) in [5.74, 6) is 0.604. The van der Waals surface area contributed by atoms with Gasteiger partial charge in [0.15, 0.2) is 0 Å². The van der Waals surface area contributed by atoms with Crippen LogP contribution in [0.5, 0.6) is 0 Å². The van der Waals surface area contributed by atoms with Crippen molar-refractivity contribution in [3.05, 3.63) is 46.8 Å². The molecule has 1 heteroatoms. The van der Waals surface area contributed by atoms with Crippen molar-refractivity contribution in [1.82, 2.24) is 0 Å². The molecule has 0 bridgehead atoms. The minimum absolute atomic E-state index is 0.251. The molecule has 0 unspecified atom stereocenters. The highest BCUT2D eigenvalue weighted by Gasteiger charge is 2.16.